The van der Waals surface area contributed by atoms with E-state index >= 15 is 4.79 Å². The van der Waals surface area contributed by atoms with Gasteiger partial charge in [0.15, 0.2) is 0 Å². The Balaban J connectivity index is 1.02. The normalized spacial score (nSPS) is 11.2. The van der Waals surface area contributed by atoms with E-state index in [1.165, 1.54) is 22.3 Å². The lowest BCUT2D eigenvalue weighted by atomic mass is 9.95. The first-order valence-corrected chi connectivity index (χ1v) is 23.8. The lowest BCUT2D eigenvalue weighted by Crippen LogP contribution is -2.22. The third-order valence-electron chi connectivity index (χ3n) is 13.4. The van der Waals surface area contributed by atoms with Gasteiger partial charge in [0.05, 0.1) is 22.4 Å². The van der Waals surface area contributed by atoms with Crippen molar-refractivity contribution >= 4 is 11.0 Å². The van der Waals surface area contributed by atoms with Gasteiger partial charge in [-0.2, -0.15) is 0 Å². The molecule has 1 aromatic heterocycles. The highest BCUT2D eigenvalue weighted by atomic mass is 16.1. The summed E-state index contributed by atoms with van der Waals surface area (Å²) in [5.41, 5.74) is 20.7. The number of para-hydroxylation sites is 2. The average Bonchev–Trinajstić information content (AvgIpc) is 3.75. The van der Waals surface area contributed by atoms with Gasteiger partial charge in [0.1, 0.15) is 0 Å². The van der Waals surface area contributed by atoms with Crippen LogP contribution in [0.3, 0.4) is 0 Å². The molecule has 12 rings (SSSR count). The Bertz CT molecular complexity index is 3360. The van der Waals surface area contributed by atoms with Crippen LogP contribution in [-0.4, -0.2) is 9.13 Å². The second-order valence-electron chi connectivity index (χ2n) is 17.8. The highest BCUT2D eigenvalue weighted by molar-refractivity contribution is 5.86. The average molecular weight is 895 g/mol. The quantitative estimate of drug-likeness (QED) is 0.134. The van der Waals surface area contributed by atoms with Crippen molar-refractivity contribution in [1.82, 2.24) is 9.13 Å². The molecule has 0 aliphatic carbocycles. The molecule has 0 saturated carbocycles. The Morgan fingerprint density at radius 1 is 0.186 bits per heavy atom. The van der Waals surface area contributed by atoms with Crippen LogP contribution in [0.15, 0.2) is 284 Å². The van der Waals surface area contributed by atoms with Crippen LogP contribution in [0.25, 0.3) is 111 Å². The highest BCUT2D eigenvalue weighted by Crippen LogP contribution is 2.36. The van der Waals surface area contributed by atoms with Crippen LogP contribution in [-0.2, 0) is 0 Å². The zero-order valence-electron chi connectivity index (χ0n) is 38.4. The van der Waals surface area contributed by atoms with Crippen molar-refractivity contribution in [3.63, 3.8) is 0 Å². The van der Waals surface area contributed by atoms with E-state index in [1.807, 2.05) is 45.5 Å². The number of imidazole rings is 1. The van der Waals surface area contributed by atoms with Crippen LogP contribution in [0, 0.1) is 0 Å². The molecule has 0 atom stereocenters. The minimum absolute atomic E-state index is 0.148. The van der Waals surface area contributed by atoms with E-state index in [9.17, 15) is 0 Å². The van der Waals surface area contributed by atoms with E-state index in [4.69, 9.17) is 0 Å². The van der Waals surface area contributed by atoms with Crippen LogP contribution in [0.1, 0.15) is 0 Å². The summed E-state index contributed by atoms with van der Waals surface area (Å²) in [4.78, 5) is 15.6. The van der Waals surface area contributed by atoms with Crippen LogP contribution in [0.2, 0.25) is 0 Å². The lowest BCUT2D eigenvalue weighted by Gasteiger charge is -2.14. The van der Waals surface area contributed by atoms with Crippen molar-refractivity contribution < 1.29 is 0 Å². The third kappa shape index (κ3) is 8.27. The van der Waals surface area contributed by atoms with Gasteiger partial charge in [0, 0.05) is 0 Å². The van der Waals surface area contributed by atoms with Gasteiger partial charge in [-0.25, -0.2) is 4.79 Å². The SMILES string of the molecule is O=c1n(-c2cc(-c3ccc(-c4ccccc4)cc3)cc(-c3ccc(-c4ccccc4)cc3)c2)c2ccccc2n1-c1cc(-c2ccc(-c3ccccc3)cc2)cc(-c2ccc(-c3ccccc3)cc2)c1. The Morgan fingerprint density at radius 2 is 0.371 bits per heavy atom. The number of hydrogen-bond donors (Lipinski definition) is 0. The van der Waals surface area contributed by atoms with Crippen molar-refractivity contribution in [2.75, 3.05) is 0 Å². The molecule has 330 valence electrons. The Kier molecular flexibility index (Phi) is 11.1. The van der Waals surface area contributed by atoms with Crippen LogP contribution in [0.5, 0.6) is 0 Å². The van der Waals surface area contributed by atoms with Crippen LogP contribution >= 0.6 is 0 Å². The van der Waals surface area contributed by atoms with Crippen molar-refractivity contribution in [1.29, 1.82) is 0 Å². The minimum Gasteiger partial charge on any atom is -0.260 e. The molecule has 70 heavy (non-hydrogen) atoms. The Labute approximate surface area is 408 Å². The lowest BCUT2D eigenvalue weighted by molar-refractivity contribution is 0.931. The summed E-state index contributed by atoms with van der Waals surface area (Å²) < 4.78 is 3.77. The zero-order valence-corrected chi connectivity index (χ0v) is 38.4. The topological polar surface area (TPSA) is 26.9 Å². The largest absolute Gasteiger partial charge is 0.338 e. The van der Waals surface area contributed by atoms with Gasteiger partial charge in [-0.15, -0.1) is 0 Å². The highest BCUT2D eigenvalue weighted by Gasteiger charge is 2.20. The number of nitrogens with zero attached hydrogens (tertiary/aromatic N) is 2. The summed E-state index contributed by atoms with van der Waals surface area (Å²) >= 11 is 0. The fourth-order valence-electron chi connectivity index (χ4n) is 9.74. The third-order valence-corrected chi connectivity index (χ3v) is 13.4. The zero-order chi connectivity index (χ0) is 46.8. The summed E-state index contributed by atoms with van der Waals surface area (Å²) in [6, 6.07) is 97.9. The van der Waals surface area contributed by atoms with Crippen molar-refractivity contribution in [3.8, 4) is 100 Å². The number of hydrogen-bond acceptors (Lipinski definition) is 1. The van der Waals surface area contributed by atoms with Gasteiger partial charge in [-0.1, -0.05) is 231 Å². The molecule has 0 fully saturated rings. The van der Waals surface area contributed by atoms with Crippen molar-refractivity contribution in [3.05, 3.63) is 290 Å². The standard InChI is InChI=1S/C67H46N2O/c70-67-68(63-43-59(55-33-25-51(26-34-55)47-15-5-1-6-16-47)41-60(44-63)56-35-27-52(28-36-56)48-17-7-2-8-18-48)65-23-13-14-24-66(65)69(67)64-45-61(57-37-29-53(30-38-57)49-19-9-3-10-20-49)42-62(46-64)58-39-31-54(32-40-58)50-21-11-4-12-22-50/h1-46H. The van der Waals surface area contributed by atoms with Gasteiger partial charge in [0.2, 0.25) is 0 Å². The molecule has 12 aromatic rings. The van der Waals surface area contributed by atoms with E-state index in [2.05, 4.69) is 243 Å². The maximum atomic E-state index is 15.6. The molecule has 0 spiro atoms. The van der Waals surface area contributed by atoms with Crippen molar-refractivity contribution in [2.24, 2.45) is 0 Å². The summed E-state index contributed by atoms with van der Waals surface area (Å²) in [5.74, 6) is 0. The summed E-state index contributed by atoms with van der Waals surface area (Å²) in [5, 5.41) is 0. The Hall–Kier alpha value is -9.31. The van der Waals surface area contributed by atoms with Crippen LogP contribution < -0.4 is 5.69 Å². The first-order chi connectivity index (χ1) is 34.6. The van der Waals surface area contributed by atoms with Crippen LogP contribution in [0.4, 0.5) is 0 Å². The molecule has 3 heteroatoms. The van der Waals surface area contributed by atoms with Gasteiger partial charge in [-0.3, -0.25) is 9.13 Å². The predicted molar refractivity (Wildman–Crippen MR) is 292 cm³/mol. The first-order valence-electron chi connectivity index (χ1n) is 23.8. The minimum atomic E-state index is -0.148. The molecule has 0 aliphatic rings. The number of aromatic nitrogens is 2. The van der Waals surface area contributed by atoms with Gasteiger partial charge >= 0.3 is 5.69 Å². The fourth-order valence-corrected chi connectivity index (χ4v) is 9.74. The second kappa shape index (κ2) is 18.4. The first kappa shape index (κ1) is 42.1. The monoisotopic (exact) mass is 894 g/mol. The summed E-state index contributed by atoms with van der Waals surface area (Å²) in [6.07, 6.45) is 0. The number of benzene rings is 11. The van der Waals surface area contributed by atoms with Gasteiger partial charge in [0.25, 0.3) is 0 Å². The molecule has 3 nitrogen and oxygen atoms in total. The maximum Gasteiger partial charge on any atom is 0.338 e. The molecule has 0 saturated heterocycles. The molecule has 0 N–H and O–H groups in total. The molecule has 0 aliphatic heterocycles. The predicted octanol–water partition coefficient (Wildman–Crippen LogP) is 17.1. The molecular formula is C67H46N2O. The fraction of sp³-hybridized carbons (Fsp3) is 0. The van der Waals surface area contributed by atoms with Crippen molar-refractivity contribution in [2.45, 2.75) is 0 Å². The summed E-state index contributed by atoms with van der Waals surface area (Å²) in [6.45, 7) is 0. The van der Waals surface area contributed by atoms with E-state index < -0.39 is 0 Å². The second-order valence-corrected chi connectivity index (χ2v) is 17.8. The molecule has 0 radical (unpaired) electrons. The molecule has 0 unspecified atom stereocenters. The summed E-state index contributed by atoms with van der Waals surface area (Å²) in [7, 11) is 0. The molecular weight excluding hydrogens is 849 g/mol. The Morgan fingerprint density at radius 3 is 0.600 bits per heavy atom. The molecule has 1 heterocycles. The van der Waals surface area contributed by atoms with E-state index in [-0.39, 0.29) is 5.69 Å². The molecule has 11 aromatic carbocycles. The van der Waals surface area contributed by atoms with E-state index in [1.54, 1.807) is 0 Å². The smallest absolute Gasteiger partial charge is 0.260 e. The van der Waals surface area contributed by atoms with E-state index in [0.29, 0.717) is 0 Å². The maximum absolute atomic E-state index is 15.6. The van der Waals surface area contributed by atoms with E-state index in [0.717, 1.165) is 89.2 Å². The number of rotatable bonds is 10. The molecule has 0 bridgehead atoms. The molecule has 0 amide bonds. The number of fused-ring (bicyclic) bond motifs is 1. The van der Waals surface area contributed by atoms with Gasteiger partial charge < -0.3 is 0 Å². The van der Waals surface area contributed by atoms with Gasteiger partial charge in [-0.05, 0) is 138 Å².